The van der Waals surface area contributed by atoms with Crippen molar-refractivity contribution in [3.8, 4) is 0 Å². The Morgan fingerprint density at radius 1 is 1.10 bits per heavy atom. The molecular formula is C20H26Cl2N6O2S. The smallest absolute Gasteiger partial charge is 0.261 e. The molecule has 1 aliphatic rings. The van der Waals surface area contributed by atoms with Gasteiger partial charge in [0.25, 0.3) is 11.8 Å². The molecule has 0 spiro atoms. The molecular weight excluding hydrogens is 459 g/mol. The molecule has 168 valence electrons. The molecule has 11 heteroatoms. The molecule has 2 amide bonds. The zero-order chi connectivity index (χ0) is 20.4. The minimum Gasteiger partial charge on any atom is -0.369 e. The van der Waals surface area contributed by atoms with E-state index in [-0.39, 0.29) is 36.6 Å². The van der Waals surface area contributed by atoms with Crippen LogP contribution in [0, 0.1) is 0 Å². The molecule has 0 atom stereocenters. The number of carbonyl (C=O) groups excluding carboxylic acids is 2. The van der Waals surface area contributed by atoms with Crippen LogP contribution in [-0.4, -0.2) is 66.7 Å². The molecule has 1 aromatic carbocycles. The number of aromatic nitrogens is 2. The van der Waals surface area contributed by atoms with Gasteiger partial charge in [0, 0.05) is 44.0 Å². The number of H-pyrrole nitrogens is 1. The topological polar surface area (TPSA) is 93.4 Å². The number of hydrogen-bond donors (Lipinski definition) is 3. The van der Waals surface area contributed by atoms with E-state index in [1.54, 1.807) is 6.07 Å². The number of thiophene rings is 1. The van der Waals surface area contributed by atoms with Crippen LogP contribution >= 0.6 is 36.2 Å². The maximum absolute atomic E-state index is 12.7. The average molecular weight is 485 g/mol. The first-order valence-electron chi connectivity index (χ1n) is 9.66. The number of piperazine rings is 1. The van der Waals surface area contributed by atoms with Crippen LogP contribution < -0.4 is 15.5 Å². The molecule has 0 radical (unpaired) electrons. The molecule has 1 saturated heterocycles. The first kappa shape index (κ1) is 24.9. The number of anilines is 2. The van der Waals surface area contributed by atoms with Gasteiger partial charge < -0.3 is 20.4 Å². The Kier molecular flexibility index (Phi) is 8.69. The number of fused-ring (bicyclic) bond motifs is 1. The number of amides is 2. The SMILES string of the molecule is CCNC(=O)c1cc2[nH]nc(NC(=O)c3ccc(N4CCN(C)CC4)cc3)c2s1.Cl.Cl. The van der Waals surface area contributed by atoms with E-state index in [2.05, 4.69) is 37.7 Å². The van der Waals surface area contributed by atoms with E-state index in [9.17, 15) is 9.59 Å². The van der Waals surface area contributed by atoms with Gasteiger partial charge in [0.1, 0.15) is 0 Å². The maximum atomic E-state index is 12.7. The third-order valence-electron chi connectivity index (χ3n) is 5.03. The molecule has 31 heavy (non-hydrogen) atoms. The molecule has 0 aliphatic carbocycles. The van der Waals surface area contributed by atoms with Crippen LogP contribution in [0.3, 0.4) is 0 Å². The van der Waals surface area contributed by atoms with Gasteiger partial charge in [-0.2, -0.15) is 5.10 Å². The fourth-order valence-electron chi connectivity index (χ4n) is 3.33. The minimum absolute atomic E-state index is 0. The van der Waals surface area contributed by atoms with Crippen molar-refractivity contribution in [3.05, 3.63) is 40.8 Å². The Hall–Kier alpha value is -2.33. The van der Waals surface area contributed by atoms with Crippen molar-refractivity contribution in [3.63, 3.8) is 0 Å². The van der Waals surface area contributed by atoms with E-state index in [0.717, 1.165) is 42.1 Å². The van der Waals surface area contributed by atoms with Gasteiger partial charge in [-0.15, -0.1) is 36.2 Å². The molecule has 3 aromatic rings. The summed E-state index contributed by atoms with van der Waals surface area (Å²) in [4.78, 5) is 29.9. The average Bonchev–Trinajstić information content (AvgIpc) is 3.31. The lowest BCUT2D eigenvalue weighted by molar-refractivity contribution is 0.0959. The number of hydrogen-bond acceptors (Lipinski definition) is 6. The highest BCUT2D eigenvalue weighted by Crippen LogP contribution is 2.30. The summed E-state index contributed by atoms with van der Waals surface area (Å²) in [6.07, 6.45) is 0. The molecule has 0 unspecified atom stereocenters. The number of rotatable bonds is 5. The Morgan fingerprint density at radius 3 is 2.42 bits per heavy atom. The number of benzene rings is 1. The normalized spacial score (nSPS) is 13.9. The van der Waals surface area contributed by atoms with Crippen LogP contribution in [0.2, 0.25) is 0 Å². The van der Waals surface area contributed by atoms with Gasteiger partial charge in [0.15, 0.2) is 5.82 Å². The number of halogens is 2. The largest absolute Gasteiger partial charge is 0.369 e. The fraction of sp³-hybridized carbons (Fsp3) is 0.350. The lowest BCUT2D eigenvalue weighted by atomic mass is 10.1. The van der Waals surface area contributed by atoms with Gasteiger partial charge in [-0.05, 0) is 44.3 Å². The highest BCUT2D eigenvalue weighted by Gasteiger charge is 2.18. The minimum atomic E-state index is -0.226. The van der Waals surface area contributed by atoms with Crippen molar-refractivity contribution in [2.45, 2.75) is 6.92 Å². The maximum Gasteiger partial charge on any atom is 0.261 e. The molecule has 0 saturated carbocycles. The van der Waals surface area contributed by atoms with Crippen LogP contribution in [0.4, 0.5) is 11.5 Å². The second-order valence-corrected chi connectivity index (χ2v) is 8.13. The Labute approximate surface area is 197 Å². The molecule has 3 heterocycles. The van der Waals surface area contributed by atoms with Crippen LogP contribution in [0.15, 0.2) is 30.3 Å². The van der Waals surface area contributed by atoms with Crippen LogP contribution in [-0.2, 0) is 0 Å². The second kappa shape index (κ2) is 10.8. The van der Waals surface area contributed by atoms with Crippen molar-refractivity contribution >= 4 is 69.7 Å². The molecule has 2 aromatic heterocycles. The predicted octanol–water partition coefficient (Wildman–Crippen LogP) is 3.22. The van der Waals surface area contributed by atoms with Crippen molar-refractivity contribution in [1.29, 1.82) is 0 Å². The summed E-state index contributed by atoms with van der Waals surface area (Å²) < 4.78 is 0.758. The molecule has 0 bridgehead atoms. The van der Waals surface area contributed by atoms with Crippen molar-refractivity contribution in [2.24, 2.45) is 0 Å². The number of likely N-dealkylation sites (N-methyl/N-ethyl adjacent to an activating group) is 1. The van der Waals surface area contributed by atoms with E-state index >= 15 is 0 Å². The summed E-state index contributed by atoms with van der Waals surface area (Å²) in [6.45, 7) is 6.49. The quantitative estimate of drug-likeness (QED) is 0.516. The van der Waals surface area contributed by atoms with Crippen LogP contribution in [0.1, 0.15) is 27.0 Å². The van der Waals surface area contributed by atoms with Gasteiger partial charge in [-0.25, -0.2) is 0 Å². The van der Waals surface area contributed by atoms with E-state index in [1.165, 1.54) is 11.3 Å². The van der Waals surface area contributed by atoms with E-state index in [1.807, 2.05) is 31.2 Å². The zero-order valence-electron chi connectivity index (χ0n) is 17.3. The standard InChI is InChI=1S/C20H24N6O2S.2ClH/c1-3-21-20(28)16-12-15-17(29-16)18(24-23-15)22-19(27)13-4-6-14(7-5-13)26-10-8-25(2)9-11-26;;/h4-7,12H,3,8-11H2,1-2H3,(H,21,28)(H2,22,23,24,27);2*1H. The van der Waals surface area contributed by atoms with Gasteiger partial charge >= 0.3 is 0 Å². The summed E-state index contributed by atoms with van der Waals surface area (Å²) >= 11 is 1.31. The molecule has 4 rings (SSSR count). The molecule has 3 N–H and O–H groups in total. The Bertz CT molecular complexity index is 1030. The van der Waals surface area contributed by atoms with Crippen LogP contribution in [0.25, 0.3) is 10.2 Å². The van der Waals surface area contributed by atoms with Gasteiger partial charge in [0.2, 0.25) is 0 Å². The Balaban J connectivity index is 0.00000171. The molecule has 1 fully saturated rings. The van der Waals surface area contributed by atoms with Crippen molar-refractivity contribution < 1.29 is 9.59 Å². The zero-order valence-corrected chi connectivity index (χ0v) is 19.8. The third kappa shape index (κ3) is 5.48. The first-order valence-corrected chi connectivity index (χ1v) is 10.5. The highest BCUT2D eigenvalue weighted by molar-refractivity contribution is 7.21. The summed E-state index contributed by atoms with van der Waals surface area (Å²) in [5.74, 6) is 0.0869. The van der Waals surface area contributed by atoms with Gasteiger partial charge in [-0.3, -0.25) is 14.7 Å². The number of aromatic amines is 1. The molecule has 1 aliphatic heterocycles. The van der Waals surface area contributed by atoms with E-state index in [4.69, 9.17) is 0 Å². The highest BCUT2D eigenvalue weighted by atomic mass is 35.5. The van der Waals surface area contributed by atoms with E-state index < -0.39 is 0 Å². The summed E-state index contributed by atoms with van der Waals surface area (Å²) in [6, 6.07) is 9.39. The number of nitrogens with zero attached hydrogens (tertiary/aromatic N) is 3. The second-order valence-electron chi connectivity index (χ2n) is 7.08. The summed E-state index contributed by atoms with van der Waals surface area (Å²) in [5, 5.41) is 12.7. The van der Waals surface area contributed by atoms with Crippen LogP contribution in [0.5, 0.6) is 0 Å². The predicted molar refractivity (Wildman–Crippen MR) is 131 cm³/mol. The first-order chi connectivity index (χ1) is 14.0. The third-order valence-corrected chi connectivity index (χ3v) is 6.17. The van der Waals surface area contributed by atoms with Crippen molar-refractivity contribution in [1.82, 2.24) is 20.4 Å². The van der Waals surface area contributed by atoms with Crippen molar-refractivity contribution in [2.75, 3.05) is 50.0 Å². The van der Waals surface area contributed by atoms with E-state index in [0.29, 0.717) is 22.8 Å². The molecule has 8 nitrogen and oxygen atoms in total. The number of carbonyl (C=O) groups is 2. The fourth-order valence-corrected chi connectivity index (χ4v) is 4.30. The van der Waals surface area contributed by atoms with Gasteiger partial charge in [0.05, 0.1) is 15.1 Å². The lowest BCUT2D eigenvalue weighted by Gasteiger charge is -2.34. The lowest BCUT2D eigenvalue weighted by Crippen LogP contribution is -2.44. The van der Waals surface area contributed by atoms with Gasteiger partial charge in [-0.1, -0.05) is 0 Å². The summed E-state index contributed by atoms with van der Waals surface area (Å²) in [5.41, 5.74) is 2.43. The number of nitrogens with one attached hydrogen (secondary N) is 3. The Morgan fingerprint density at radius 2 is 1.77 bits per heavy atom. The monoisotopic (exact) mass is 484 g/mol. The summed E-state index contributed by atoms with van der Waals surface area (Å²) in [7, 11) is 2.13.